The third-order valence-corrected chi connectivity index (χ3v) is 2.34. The van der Waals surface area contributed by atoms with Gasteiger partial charge in [0.2, 0.25) is 0 Å². The second-order valence-electron chi connectivity index (χ2n) is 3.69. The number of ether oxygens (including phenoxy) is 1. The molecule has 0 heterocycles. The molecular formula is C14H25NO2. The van der Waals surface area contributed by atoms with E-state index >= 15 is 0 Å². The van der Waals surface area contributed by atoms with Crippen molar-refractivity contribution in [3.63, 3.8) is 0 Å². The van der Waals surface area contributed by atoms with Crippen LogP contribution in [0.25, 0.3) is 0 Å². The Morgan fingerprint density at radius 2 is 1.94 bits per heavy atom. The maximum atomic E-state index is 11.4. The number of methoxy groups -OCH3 is 1. The summed E-state index contributed by atoms with van der Waals surface area (Å²) in [5.74, 6) is 1.10. The van der Waals surface area contributed by atoms with Crippen LogP contribution >= 0.6 is 0 Å². The number of carbonyl (C=O) groups excluding carboxylic acids is 1. The molecule has 1 aromatic rings. The molecule has 0 aliphatic carbocycles. The van der Waals surface area contributed by atoms with E-state index in [0.717, 1.165) is 11.3 Å². The predicted octanol–water partition coefficient (Wildman–Crippen LogP) is 3.45. The van der Waals surface area contributed by atoms with Crippen molar-refractivity contribution >= 4 is 5.91 Å². The summed E-state index contributed by atoms with van der Waals surface area (Å²) in [6.07, 6.45) is 0. The van der Waals surface area contributed by atoms with Gasteiger partial charge in [0.1, 0.15) is 5.75 Å². The molecule has 1 amide bonds. The molecule has 0 fully saturated rings. The van der Waals surface area contributed by atoms with Gasteiger partial charge in [-0.3, -0.25) is 4.79 Å². The van der Waals surface area contributed by atoms with Gasteiger partial charge in [-0.1, -0.05) is 27.7 Å². The van der Waals surface area contributed by atoms with Gasteiger partial charge in [-0.05, 0) is 29.7 Å². The lowest BCUT2D eigenvalue weighted by Gasteiger charge is -2.12. The largest absolute Gasteiger partial charge is 0.496 e. The van der Waals surface area contributed by atoms with Gasteiger partial charge < -0.3 is 10.1 Å². The van der Waals surface area contributed by atoms with E-state index in [1.54, 1.807) is 20.2 Å². The zero-order chi connectivity index (χ0) is 13.4. The van der Waals surface area contributed by atoms with Crippen LogP contribution in [0.15, 0.2) is 18.2 Å². The van der Waals surface area contributed by atoms with Crippen LogP contribution in [0.4, 0.5) is 0 Å². The molecule has 3 nitrogen and oxygen atoms in total. The summed E-state index contributed by atoms with van der Waals surface area (Å²) >= 11 is 0. The van der Waals surface area contributed by atoms with Crippen LogP contribution in [0.3, 0.4) is 0 Å². The Kier molecular flexibility index (Phi) is 7.03. The van der Waals surface area contributed by atoms with Gasteiger partial charge in [0.15, 0.2) is 0 Å². The maximum absolute atomic E-state index is 11.4. The minimum absolute atomic E-state index is 0. The summed E-state index contributed by atoms with van der Waals surface area (Å²) in [6, 6.07) is 5.48. The van der Waals surface area contributed by atoms with E-state index in [4.69, 9.17) is 4.74 Å². The van der Waals surface area contributed by atoms with E-state index in [2.05, 4.69) is 19.2 Å². The maximum Gasteiger partial charge on any atom is 0.251 e. The second-order valence-corrected chi connectivity index (χ2v) is 3.69. The van der Waals surface area contributed by atoms with Crippen LogP contribution in [-0.4, -0.2) is 20.1 Å². The van der Waals surface area contributed by atoms with Gasteiger partial charge in [-0.2, -0.15) is 0 Å². The molecule has 0 bridgehead atoms. The van der Waals surface area contributed by atoms with Crippen LogP contribution in [0.1, 0.15) is 51.0 Å². The number of hydrogen-bond acceptors (Lipinski definition) is 2. The first kappa shape index (κ1) is 15.5. The fourth-order valence-corrected chi connectivity index (χ4v) is 1.47. The monoisotopic (exact) mass is 239 g/mol. The highest BCUT2D eigenvalue weighted by atomic mass is 16.5. The van der Waals surface area contributed by atoms with E-state index in [-0.39, 0.29) is 7.33 Å². The minimum Gasteiger partial charge on any atom is -0.496 e. The Morgan fingerprint density at radius 3 is 2.35 bits per heavy atom. The van der Waals surface area contributed by atoms with Crippen molar-refractivity contribution in [3.8, 4) is 5.75 Å². The summed E-state index contributed by atoms with van der Waals surface area (Å²) in [7, 11) is 3.27. The zero-order valence-corrected chi connectivity index (χ0v) is 11.6. The zero-order valence-electron chi connectivity index (χ0n) is 11.6. The van der Waals surface area contributed by atoms with Gasteiger partial charge in [-0.15, -0.1) is 0 Å². The molecule has 0 aromatic heterocycles. The van der Waals surface area contributed by atoms with Gasteiger partial charge >= 0.3 is 0 Å². The molecule has 0 saturated heterocycles. The van der Waals surface area contributed by atoms with E-state index < -0.39 is 0 Å². The summed E-state index contributed by atoms with van der Waals surface area (Å²) < 4.78 is 5.24. The summed E-state index contributed by atoms with van der Waals surface area (Å²) in [4.78, 5) is 11.4. The van der Waals surface area contributed by atoms with Crippen LogP contribution in [0.2, 0.25) is 0 Å². The fourth-order valence-electron chi connectivity index (χ4n) is 1.47. The lowest BCUT2D eigenvalue weighted by molar-refractivity contribution is 0.0963. The molecule has 0 aliphatic rings. The molecule has 1 N–H and O–H groups in total. The van der Waals surface area contributed by atoms with E-state index in [1.165, 1.54) is 0 Å². The smallest absolute Gasteiger partial charge is 0.251 e. The van der Waals surface area contributed by atoms with Crippen LogP contribution in [-0.2, 0) is 0 Å². The molecule has 0 radical (unpaired) electrons. The van der Waals surface area contributed by atoms with Gasteiger partial charge in [0.25, 0.3) is 5.91 Å². The Hall–Kier alpha value is -1.51. The SMILES string of the molecule is CC.CNC(=O)c1ccc(OC)c(C(C)C)c1.[HH]. The van der Waals surface area contributed by atoms with Crippen molar-refractivity contribution in [3.05, 3.63) is 29.3 Å². The number of amides is 1. The van der Waals surface area contributed by atoms with Crippen molar-refractivity contribution in [2.45, 2.75) is 33.6 Å². The summed E-state index contributed by atoms with van der Waals surface area (Å²) in [5, 5.41) is 2.61. The van der Waals surface area contributed by atoms with E-state index in [1.807, 2.05) is 26.0 Å². The molecule has 1 rings (SSSR count). The highest BCUT2D eigenvalue weighted by Gasteiger charge is 2.11. The summed E-state index contributed by atoms with van der Waals surface area (Å²) in [6.45, 7) is 8.15. The average Bonchev–Trinajstić information content (AvgIpc) is 2.39. The first-order valence-electron chi connectivity index (χ1n) is 6.00. The Labute approximate surface area is 106 Å². The highest BCUT2D eigenvalue weighted by molar-refractivity contribution is 5.94. The van der Waals surface area contributed by atoms with Gasteiger partial charge in [0.05, 0.1) is 7.11 Å². The quantitative estimate of drug-likeness (QED) is 0.877. The predicted molar refractivity (Wildman–Crippen MR) is 73.9 cm³/mol. The van der Waals surface area contributed by atoms with Crippen molar-refractivity contribution in [2.75, 3.05) is 14.2 Å². The summed E-state index contributed by atoms with van der Waals surface area (Å²) in [5.41, 5.74) is 1.72. The fraction of sp³-hybridized carbons (Fsp3) is 0.500. The molecule has 0 unspecified atom stereocenters. The first-order valence-corrected chi connectivity index (χ1v) is 6.00. The number of rotatable bonds is 3. The molecule has 17 heavy (non-hydrogen) atoms. The minimum atomic E-state index is -0.0699. The molecule has 0 aliphatic heterocycles. The third-order valence-electron chi connectivity index (χ3n) is 2.34. The Bertz CT molecular complexity index is 365. The third kappa shape index (κ3) is 4.10. The van der Waals surface area contributed by atoms with Crippen LogP contribution < -0.4 is 10.1 Å². The van der Waals surface area contributed by atoms with Crippen molar-refractivity contribution in [2.24, 2.45) is 0 Å². The highest BCUT2D eigenvalue weighted by Crippen LogP contribution is 2.27. The Morgan fingerprint density at radius 1 is 1.35 bits per heavy atom. The van der Waals surface area contributed by atoms with Crippen LogP contribution in [0.5, 0.6) is 5.75 Å². The molecule has 0 atom stereocenters. The molecule has 1 aromatic carbocycles. The molecule has 0 saturated carbocycles. The lowest BCUT2D eigenvalue weighted by atomic mass is 9.99. The van der Waals surface area contributed by atoms with Gasteiger partial charge in [-0.25, -0.2) is 0 Å². The standard InChI is InChI=1S/C12H17NO2.C2H6.H2/c1-8(2)10-7-9(12(14)13-3)5-6-11(10)15-4;1-2;/h5-8H,1-4H3,(H,13,14);1-2H3;1H. The first-order chi connectivity index (χ1) is 8.10. The van der Waals surface area contributed by atoms with Crippen molar-refractivity contribution < 1.29 is 11.0 Å². The number of carbonyl (C=O) groups is 1. The van der Waals surface area contributed by atoms with E-state index in [9.17, 15) is 4.79 Å². The van der Waals surface area contributed by atoms with E-state index in [0.29, 0.717) is 11.5 Å². The molecule has 98 valence electrons. The van der Waals surface area contributed by atoms with Gasteiger partial charge in [0, 0.05) is 14.0 Å². The van der Waals surface area contributed by atoms with Crippen molar-refractivity contribution in [1.82, 2.24) is 5.32 Å². The second kappa shape index (κ2) is 7.71. The number of nitrogens with one attached hydrogen (secondary N) is 1. The normalized spacial score (nSPS) is 9.35. The van der Waals surface area contributed by atoms with Crippen molar-refractivity contribution in [1.29, 1.82) is 0 Å². The lowest BCUT2D eigenvalue weighted by Crippen LogP contribution is -2.18. The average molecular weight is 239 g/mol. The molecule has 3 heteroatoms. The number of hydrogen-bond donors (Lipinski definition) is 1. The molecular weight excluding hydrogens is 214 g/mol. The molecule has 0 spiro atoms. The Balaban J connectivity index is 0. The van der Waals surface area contributed by atoms with Crippen LogP contribution in [0, 0.1) is 0 Å². The number of benzene rings is 1. The topological polar surface area (TPSA) is 38.3 Å².